The third-order valence-electron chi connectivity index (χ3n) is 7.68. The Balaban J connectivity index is 0.000000390. The molecule has 6 rings (SSSR count). The maximum absolute atomic E-state index is 13.3. The SMILES string of the molecule is CC.CCCCn1c2c(cc(C(=O)NC3CCN(c4ccc5ncc(C)n5n4)C3)c1=O)CCCC2.Fc1ccccc1. The number of halogens is 1. The molecule has 8 nitrogen and oxygen atoms in total. The first-order valence-corrected chi connectivity index (χ1v) is 15.3. The van der Waals surface area contributed by atoms with Gasteiger partial charge in [-0.25, -0.2) is 13.9 Å². The first kappa shape index (κ1) is 30.9. The van der Waals surface area contributed by atoms with Gasteiger partial charge in [0.1, 0.15) is 17.2 Å². The zero-order chi connectivity index (χ0) is 30.1. The molecule has 1 aromatic carbocycles. The Morgan fingerprint density at radius 2 is 1.86 bits per heavy atom. The molecule has 2 aliphatic rings. The number of imidazole rings is 1. The summed E-state index contributed by atoms with van der Waals surface area (Å²) in [5.74, 6) is 0.442. The number of fused-ring (bicyclic) bond motifs is 2. The van der Waals surface area contributed by atoms with Crippen molar-refractivity contribution in [1.82, 2.24) is 24.5 Å². The van der Waals surface area contributed by atoms with Gasteiger partial charge in [0.05, 0.1) is 11.9 Å². The van der Waals surface area contributed by atoms with Crippen LogP contribution >= 0.6 is 0 Å². The molecule has 0 saturated carbocycles. The summed E-state index contributed by atoms with van der Waals surface area (Å²) in [7, 11) is 0. The van der Waals surface area contributed by atoms with Gasteiger partial charge >= 0.3 is 0 Å². The van der Waals surface area contributed by atoms with Gasteiger partial charge < -0.3 is 14.8 Å². The van der Waals surface area contributed by atoms with Gasteiger partial charge in [0.25, 0.3) is 11.5 Å². The number of aryl methyl sites for hydroxylation is 2. The lowest BCUT2D eigenvalue weighted by Gasteiger charge is -2.23. The van der Waals surface area contributed by atoms with Crippen molar-refractivity contribution < 1.29 is 9.18 Å². The van der Waals surface area contributed by atoms with E-state index < -0.39 is 0 Å². The lowest BCUT2D eigenvalue weighted by Crippen LogP contribution is -2.41. The maximum Gasteiger partial charge on any atom is 0.263 e. The molecule has 1 saturated heterocycles. The summed E-state index contributed by atoms with van der Waals surface area (Å²) in [5, 5.41) is 7.83. The molecule has 1 N–H and O–H groups in total. The lowest BCUT2D eigenvalue weighted by atomic mass is 9.94. The molecule has 1 atom stereocenters. The second-order valence-electron chi connectivity index (χ2n) is 10.6. The van der Waals surface area contributed by atoms with E-state index in [0.717, 1.165) is 74.3 Å². The van der Waals surface area contributed by atoms with Gasteiger partial charge in [-0.05, 0) is 81.3 Å². The normalized spacial score (nSPS) is 15.7. The summed E-state index contributed by atoms with van der Waals surface area (Å²) in [5.41, 5.74) is 4.27. The average molecular weight is 575 g/mol. The number of carbonyl (C=O) groups excluding carboxylic acids is 1. The van der Waals surface area contributed by atoms with Crippen molar-refractivity contribution in [2.75, 3.05) is 18.0 Å². The van der Waals surface area contributed by atoms with Crippen molar-refractivity contribution in [3.05, 3.63) is 93.4 Å². The smallest absolute Gasteiger partial charge is 0.263 e. The first-order valence-electron chi connectivity index (χ1n) is 15.3. The standard InChI is InChI=1S/C25H32N6O2.C6H5F.C2H6/c1-3-4-12-30-21-8-6-5-7-18(21)14-20(25(30)33)24(32)27-19-11-13-29(16-19)23-10-9-22-26-15-17(2)31(22)28-23;7-6-4-2-1-3-5-6;1-2/h9-10,14-15,19H,3-8,11-13,16H2,1-2H3,(H,27,32);1-5H;1-2H3. The van der Waals surface area contributed by atoms with Crippen molar-refractivity contribution in [3.63, 3.8) is 0 Å². The summed E-state index contributed by atoms with van der Waals surface area (Å²) in [6, 6.07) is 13.7. The molecule has 4 aromatic rings. The van der Waals surface area contributed by atoms with E-state index in [1.807, 2.05) is 54.2 Å². The highest BCUT2D eigenvalue weighted by atomic mass is 19.1. The van der Waals surface area contributed by atoms with Crippen LogP contribution in [-0.4, -0.2) is 44.2 Å². The topological polar surface area (TPSA) is 84.5 Å². The molecule has 224 valence electrons. The second-order valence-corrected chi connectivity index (χ2v) is 10.6. The molecule has 0 spiro atoms. The summed E-state index contributed by atoms with van der Waals surface area (Å²) in [6.07, 6.45) is 8.71. The fourth-order valence-electron chi connectivity index (χ4n) is 5.51. The molecular weight excluding hydrogens is 531 g/mol. The number of rotatable bonds is 6. The average Bonchev–Trinajstić information content (AvgIpc) is 3.64. The van der Waals surface area contributed by atoms with Gasteiger partial charge in [-0.3, -0.25) is 9.59 Å². The minimum atomic E-state index is -0.251. The van der Waals surface area contributed by atoms with E-state index in [-0.39, 0.29) is 23.3 Å². The van der Waals surface area contributed by atoms with Crippen molar-refractivity contribution >= 4 is 17.4 Å². The third kappa shape index (κ3) is 7.24. The van der Waals surface area contributed by atoms with Crippen LogP contribution in [0.15, 0.2) is 59.5 Å². The molecule has 1 fully saturated rings. The lowest BCUT2D eigenvalue weighted by molar-refractivity contribution is 0.0938. The Kier molecular flexibility index (Phi) is 10.9. The van der Waals surface area contributed by atoms with Crippen molar-refractivity contribution in [1.29, 1.82) is 0 Å². The van der Waals surface area contributed by atoms with E-state index in [4.69, 9.17) is 5.10 Å². The highest BCUT2D eigenvalue weighted by Crippen LogP contribution is 2.22. The number of hydrogen-bond donors (Lipinski definition) is 1. The van der Waals surface area contributed by atoms with Crippen LogP contribution in [0.4, 0.5) is 10.2 Å². The van der Waals surface area contributed by atoms with Crippen molar-refractivity contribution in [2.24, 2.45) is 0 Å². The molecule has 0 bridgehead atoms. The largest absolute Gasteiger partial charge is 0.353 e. The number of unbranched alkanes of at least 4 members (excludes halogenated alkanes) is 1. The highest BCUT2D eigenvalue weighted by molar-refractivity contribution is 5.94. The van der Waals surface area contributed by atoms with E-state index in [0.29, 0.717) is 18.7 Å². The van der Waals surface area contributed by atoms with Gasteiger partial charge in [0.2, 0.25) is 0 Å². The van der Waals surface area contributed by atoms with Crippen LogP contribution in [0, 0.1) is 12.7 Å². The van der Waals surface area contributed by atoms with Crippen LogP contribution in [0.2, 0.25) is 0 Å². The number of hydrogen-bond acceptors (Lipinski definition) is 5. The number of nitrogens with zero attached hydrogens (tertiary/aromatic N) is 5. The van der Waals surface area contributed by atoms with Gasteiger partial charge in [0, 0.05) is 31.4 Å². The fraction of sp³-hybridized carbons (Fsp3) is 0.455. The number of aromatic nitrogens is 4. The fourth-order valence-corrected chi connectivity index (χ4v) is 5.51. The first-order chi connectivity index (χ1) is 20.4. The molecule has 9 heteroatoms. The highest BCUT2D eigenvalue weighted by Gasteiger charge is 2.28. The Hall–Kier alpha value is -4.01. The van der Waals surface area contributed by atoms with Gasteiger partial charge in [-0.15, -0.1) is 5.10 Å². The molecule has 3 aromatic heterocycles. The predicted molar refractivity (Wildman–Crippen MR) is 166 cm³/mol. The predicted octanol–water partition coefficient (Wildman–Crippen LogP) is 5.74. The van der Waals surface area contributed by atoms with Gasteiger partial charge in [-0.2, -0.15) is 0 Å². The van der Waals surface area contributed by atoms with Crippen LogP contribution in [0.25, 0.3) is 5.65 Å². The van der Waals surface area contributed by atoms with Crippen LogP contribution in [0.5, 0.6) is 0 Å². The van der Waals surface area contributed by atoms with Crippen LogP contribution in [0.1, 0.15) is 80.2 Å². The number of amides is 1. The monoisotopic (exact) mass is 574 g/mol. The Morgan fingerprint density at radius 3 is 2.57 bits per heavy atom. The van der Waals surface area contributed by atoms with E-state index in [1.165, 1.54) is 17.7 Å². The maximum atomic E-state index is 13.3. The minimum Gasteiger partial charge on any atom is -0.353 e. The van der Waals surface area contributed by atoms with Crippen molar-refractivity contribution in [3.8, 4) is 0 Å². The minimum absolute atomic E-state index is 0.0154. The molecule has 1 aliphatic heterocycles. The zero-order valence-electron chi connectivity index (χ0n) is 25.3. The van der Waals surface area contributed by atoms with E-state index in [2.05, 4.69) is 22.1 Å². The van der Waals surface area contributed by atoms with Crippen LogP contribution < -0.4 is 15.8 Å². The van der Waals surface area contributed by atoms with E-state index in [9.17, 15) is 14.0 Å². The van der Waals surface area contributed by atoms with Gasteiger partial charge in [-0.1, -0.05) is 45.4 Å². The summed E-state index contributed by atoms with van der Waals surface area (Å²) in [6.45, 7) is 10.3. The molecule has 4 heterocycles. The molecular formula is C33H43FN6O2. The quantitative estimate of drug-likeness (QED) is 0.318. The number of nitrogens with one attached hydrogen (secondary N) is 1. The Labute approximate surface area is 247 Å². The molecule has 1 amide bonds. The number of benzene rings is 1. The Bertz CT molecular complexity index is 1530. The Morgan fingerprint density at radius 1 is 1.10 bits per heavy atom. The third-order valence-corrected chi connectivity index (χ3v) is 7.68. The van der Waals surface area contributed by atoms with Crippen molar-refractivity contribution in [2.45, 2.75) is 85.2 Å². The summed E-state index contributed by atoms with van der Waals surface area (Å²) < 4.78 is 15.6. The second kappa shape index (κ2) is 14.8. The zero-order valence-corrected chi connectivity index (χ0v) is 25.3. The summed E-state index contributed by atoms with van der Waals surface area (Å²) in [4.78, 5) is 33.0. The van der Waals surface area contributed by atoms with E-state index in [1.54, 1.807) is 18.2 Å². The molecule has 1 unspecified atom stereocenters. The summed E-state index contributed by atoms with van der Waals surface area (Å²) >= 11 is 0. The molecule has 0 radical (unpaired) electrons. The number of anilines is 1. The molecule has 42 heavy (non-hydrogen) atoms. The van der Waals surface area contributed by atoms with Crippen LogP contribution in [0.3, 0.4) is 0 Å². The van der Waals surface area contributed by atoms with Crippen LogP contribution in [-0.2, 0) is 19.4 Å². The van der Waals surface area contributed by atoms with Gasteiger partial charge in [0.15, 0.2) is 5.65 Å². The molecule has 1 aliphatic carbocycles. The number of carbonyl (C=O) groups is 1. The van der Waals surface area contributed by atoms with E-state index >= 15 is 0 Å². The number of pyridine rings is 1.